The fourth-order valence-corrected chi connectivity index (χ4v) is 5.40. The van der Waals surface area contributed by atoms with Crippen molar-refractivity contribution in [1.29, 1.82) is 0 Å². The molecule has 1 heterocycles. The highest BCUT2D eigenvalue weighted by Crippen LogP contribution is 2.43. The molecule has 1 aliphatic rings. The van der Waals surface area contributed by atoms with Gasteiger partial charge in [0.1, 0.15) is 5.75 Å². The van der Waals surface area contributed by atoms with Gasteiger partial charge in [0, 0.05) is 11.8 Å². The van der Waals surface area contributed by atoms with E-state index < -0.39 is 30.1 Å². The van der Waals surface area contributed by atoms with Crippen molar-refractivity contribution in [2.75, 3.05) is 30.0 Å². The minimum atomic E-state index is -1.08. The summed E-state index contributed by atoms with van der Waals surface area (Å²) in [5, 5.41) is 2.31. The number of esters is 1. The van der Waals surface area contributed by atoms with Crippen LogP contribution in [-0.4, -0.2) is 36.6 Å². The maximum absolute atomic E-state index is 13.1. The molecule has 29 heavy (non-hydrogen) atoms. The lowest BCUT2D eigenvalue weighted by atomic mass is 10.2. The largest absolute Gasteiger partial charge is 0.482 e. The molecule has 0 aromatic heterocycles. The summed E-state index contributed by atoms with van der Waals surface area (Å²) >= 11 is 3.84. The van der Waals surface area contributed by atoms with Crippen molar-refractivity contribution in [2.24, 2.45) is 0 Å². The number of thioether (sulfide) groups is 2. The Morgan fingerprint density at radius 2 is 1.72 bits per heavy atom. The zero-order chi connectivity index (χ0) is 20.6. The molecule has 154 valence electrons. The summed E-state index contributed by atoms with van der Waals surface area (Å²) in [7, 11) is 0. The lowest BCUT2D eigenvalue weighted by Crippen LogP contribution is -2.23. The minimum absolute atomic E-state index is 0.0654. The third kappa shape index (κ3) is 6.64. The number of carbonyl (C=O) groups is 2. The number of ether oxygens (including phenoxy) is 2. The normalized spacial score (nSPS) is 14.3. The molecule has 0 spiro atoms. The SMILES string of the molecule is O=C(COC(=O)COc1ccc(C2SCCCS2)cc1)Nc1ccc(F)c(F)c1. The van der Waals surface area contributed by atoms with Crippen LogP contribution in [0.4, 0.5) is 14.5 Å². The van der Waals surface area contributed by atoms with Crippen molar-refractivity contribution >= 4 is 41.1 Å². The molecule has 3 rings (SSSR count). The van der Waals surface area contributed by atoms with Crippen LogP contribution in [0.15, 0.2) is 42.5 Å². The van der Waals surface area contributed by atoms with Gasteiger partial charge in [-0.05, 0) is 47.8 Å². The van der Waals surface area contributed by atoms with Gasteiger partial charge >= 0.3 is 5.97 Å². The van der Waals surface area contributed by atoms with Crippen molar-refractivity contribution in [1.82, 2.24) is 0 Å². The van der Waals surface area contributed by atoms with E-state index in [9.17, 15) is 18.4 Å². The van der Waals surface area contributed by atoms with Crippen LogP contribution in [-0.2, 0) is 14.3 Å². The van der Waals surface area contributed by atoms with Crippen molar-refractivity contribution in [2.45, 2.75) is 11.0 Å². The molecule has 0 atom stereocenters. The predicted molar refractivity (Wildman–Crippen MR) is 110 cm³/mol. The minimum Gasteiger partial charge on any atom is -0.482 e. The molecule has 2 aromatic carbocycles. The van der Waals surface area contributed by atoms with Crippen LogP contribution >= 0.6 is 23.5 Å². The molecule has 5 nitrogen and oxygen atoms in total. The lowest BCUT2D eigenvalue weighted by Gasteiger charge is -2.21. The Hall–Kier alpha value is -2.26. The first kappa shape index (κ1) is 21.4. The van der Waals surface area contributed by atoms with E-state index in [0.717, 1.165) is 23.6 Å². The molecule has 0 radical (unpaired) electrons. The summed E-state index contributed by atoms with van der Waals surface area (Å²) in [5.41, 5.74) is 1.28. The maximum atomic E-state index is 13.1. The van der Waals surface area contributed by atoms with E-state index in [0.29, 0.717) is 10.3 Å². The zero-order valence-electron chi connectivity index (χ0n) is 15.4. The highest BCUT2D eigenvalue weighted by molar-refractivity contribution is 8.16. The van der Waals surface area contributed by atoms with Gasteiger partial charge in [0.25, 0.3) is 5.91 Å². The first-order valence-electron chi connectivity index (χ1n) is 8.88. The van der Waals surface area contributed by atoms with E-state index in [1.54, 1.807) is 12.1 Å². The number of hydrogen-bond donors (Lipinski definition) is 1. The van der Waals surface area contributed by atoms with Gasteiger partial charge in [-0.15, -0.1) is 23.5 Å². The zero-order valence-corrected chi connectivity index (χ0v) is 17.0. The molecule has 1 amide bonds. The molecule has 1 aliphatic heterocycles. The number of benzene rings is 2. The molecular weight excluding hydrogens is 420 g/mol. The number of halogens is 2. The Morgan fingerprint density at radius 3 is 2.41 bits per heavy atom. The first-order valence-corrected chi connectivity index (χ1v) is 11.0. The second-order valence-corrected chi connectivity index (χ2v) is 8.85. The van der Waals surface area contributed by atoms with E-state index >= 15 is 0 Å². The average Bonchev–Trinajstić information content (AvgIpc) is 2.74. The number of carbonyl (C=O) groups excluding carboxylic acids is 2. The second kappa shape index (κ2) is 10.5. The second-order valence-electron chi connectivity index (χ2n) is 6.12. The molecular formula is C20H19F2NO4S2. The Balaban J connectivity index is 1.39. The van der Waals surface area contributed by atoms with Gasteiger partial charge in [0.15, 0.2) is 24.8 Å². The van der Waals surface area contributed by atoms with Gasteiger partial charge in [-0.25, -0.2) is 13.6 Å². The monoisotopic (exact) mass is 439 g/mol. The van der Waals surface area contributed by atoms with E-state index in [1.165, 1.54) is 18.1 Å². The summed E-state index contributed by atoms with van der Waals surface area (Å²) in [5.74, 6) is -0.640. The Labute approximate surface area is 175 Å². The third-order valence-corrected chi connectivity index (χ3v) is 6.92. The maximum Gasteiger partial charge on any atom is 0.344 e. The van der Waals surface area contributed by atoms with Gasteiger partial charge in [-0.2, -0.15) is 0 Å². The van der Waals surface area contributed by atoms with Gasteiger partial charge in [-0.3, -0.25) is 4.79 Å². The topological polar surface area (TPSA) is 64.6 Å². The Bertz CT molecular complexity index is 858. The van der Waals surface area contributed by atoms with Gasteiger partial charge in [0.05, 0.1) is 4.58 Å². The van der Waals surface area contributed by atoms with E-state index in [2.05, 4.69) is 5.32 Å². The summed E-state index contributed by atoms with van der Waals surface area (Å²) in [6.45, 7) is -0.902. The van der Waals surface area contributed by atoms with Crippen molar-refractivity contribution in [3.63, 3.8) is 0 Å². The van der Waals surface area contributed by atoms with E-state index in [1.807, 2.05) is 35.7 Å². The van der Waals surface area contributed by atoms with Crippen LogP contribution in [0.1, 0.15) is 16.6 Å². The van der Waals surface area contributed by atoms with Crippen LogP contribution in [0.5, 0.6) is 5.75 Å². The van der Waals surface area contributed by atoms with Gasteiger partial charge < -0.3 is 14.8 Å². The summed E-state index contributed by atoms with van der Waals surface area (Å²) in [6, 6.07) is 10.5. The average molecular weight is 440 g/mol. The molecule has 0 unspecified atom stereocenters. The van der Waals surface area contributed by atoms with Gasteiger partial charge in [0.2, 0.25) is 0 Å². The number of nitrogens with one attached hydrogen (secondary N) is 1. The van der Waals surface area contributed by atoms with E-state index in [-0.39, 0.29) is 12.3 Å². The standard InChI is InChI=1S/C20H19F2NO4S2/c21-16-7-4-14(10-17(16)22)23-18(24)11-27-19(25)12-26-15-5-2-13(3-6-15)20-28-8-1-9-29-20/h2-7,10,20H,1,8-9,11-12H2,(H,23,24). The summed E-state index contributed by atoms with van der Waals surface area (Å²) in [4.78, 5) is 23.5. The predicted octanol–water partition coefficient (Wildman–Crippen LogP) is 4.39. The quantitative estimate of drug-likeness (QED) is 0.646. The number of anilines is 1. The number of hydrogen-bond acceptors (Lipinski definition) is 6. The van der Waals surface area contributed by atoms with Gasteiger partial charge in [-0.1, -0.05) is 12.1 Å². The molecule has 9 heteroatoms. The van der Waals surface area contributed by atoms with Crippen LogP contribution in [0.2, 0.25) is 0 Å². The Morgan fingerprint density at radius 1 is 1.00 bits per heavy atom. The van der Waals surface area contributed by atoms with Crippen LogP contribution in [0.3, 0.4) is 0 Å². The van der Waals surface area contributed by atoms with Crippen molar-refractivity contribution in [3.8, 4) is 5.75 Å². The molecule has 0 bridgehead atoms. The molecule has 1 fully saturated rings. The fourth-order valence-electron chi connectivity index (χ4n) is 2.50. The summed E-state index contributed by atoms with van der Waals surface area (Å²) in [6.07, 6.45) is 1.23. The lowest BCUT2D eigenvalue weighted by molar-refractivity contribution is -0.149. The van der Waals surface area contributed by atoms with Crippen molar-refractivity contribution in [3.05, 3.63) is 59.7 Å². The van der Waals surface area contributed by atoms with Crippen LogP contribution in [0.25, 0.3) is 0 Å². The molecule has 1 N–H and O–H groups in total. The summed E-state index contributed by atoms with van der Waals surface area (Å²) < 4.78 is 36.6. The van der Waals surface area contributed by atoms with Crippen molar-refractivity contribution < 1.29 is 27.8 Å². The number of rotatable bonds is 7. The number of amides is 1. The van der Waals surface area contributed by atoms with Crippen LogP contribution in [0, 0.1) is 11.6 Å². The molecule has 0 aliphatic carbocycles. The highest BCUT2D eigenvalue weighted by atomic mass is 32.2. The molecule has 2 aromatic rings. The Kier molecular flexibility index (Phi) is 7.76. The third-order valence-electron chi connectivity index (χ3n) is 3.90. The van der Waals surface area contributed by atoms with Crippen LogP contribution < -0.4 is 10.1 Å². The molecule has 1 saturated heterocycles. The smallest absolute Gasteiger partial charge is 0.344 e. The fraction of sp³-hybridized carbons (Fsp3) is 0.300. The van der Waals surface area contributed by atoms with E-state index in [4.69, 9.17) is 9.47 Å². The molecule has 0 saturated carbocycles. The highest BCUT2D eigenvalue weighted by Gasteiger charge is 2.16. The first-order chi connectivity index (χ1) is 14.0.